The first-order valence-corrected chi connectivity index (χ1v) is 8.00. The lowest BCUT2D eigenvalue weighted by atomic mass is 10.2. The number of rotatable bonds is 7. The fraction of sp³-hybridized carbons (Fsp3) is 0.200. The molecule has 0 aliphatic carbocycles. The monoisotopic (exact) mass is 352 g/mol. The van der Waals surface area contributed by atoms with Crippen molar-refractivity contribution in [3.05, 3.63) is 59.7 Å². The van der Waals surface area contributed by atoms with Crippen molar-refractivity contribution in [2.45, 2.75) is 6.92 Å². The summed E-state index contributed by atoms with van der Waals surface area (Å²) >= 11 is 0. The van der Waals surface area contributed by atoms with Crippen molar-refractivity contribution < 1.29 is 19.1 Å². The Morgan fingerprint density at radius 2 is 1.88 bits per heavy atom. The number of benzene rings is 2. The summed E-state index contributed by atoms with van der Waals surface area (Å²) in [6.45, 7) is 2.14. The standard InChI is InChI=1S/C20H20N2O4/c1-15-7-6-8-16(13-15)26-14-19(23)22-11-4-5-12-25-18-10-3-2-9-17(18)20(21)24/h2-3,6-10,13H,11-12,14H2,1H3,(H2,21,24)(H,22,23). The highest BCUT2D eigenvalue weighted by Crippen LogP contribution is 2.16. The molecule has 0 fully saturated rings. The molecule has 0 atom stereocenters. The highest BCUT2D eigenvalue weighted by molar-refractivity contribution is 5.95. The first-order chi connectivity index (χ1) is 12.6. The van der Waals surface area contributed by atoms with E-state index in [9.17, 15) is 9.59 Å². The number of amides is 2. The number of carbonyl (C=O) groups is 2. The molecular weight excluding hydrogens is 332 g/mol. The van der Waals surface area contributed by atoms with Gasteiger partial charge in [-0.2, -0.15) is 0 Å². The fourth-order valence-corrected chi connectivity index (χ4v) is 2.07. The predicted molar refractivity (Wildman–Crippen MR) is 97.9 cm³/mol. The van der Waals surface area contributed by atoms with Crippen LogP contribution in [-0.2, 0) is 4.79 Å². The van der Waals surface area contributed by atoms with Gasteiger partial charge in [0.1, 0.15) is 18.1 Å². The van der Waals surface area contributed by atoms with E-state index in [2.05, 4.69) is 17.2 Å². The summed E-state index contributed by atoms with van der Waals surface area (Å²) in [6.07, 6.45) is 0. The molecule has 0 unspecified atom stereocenters. The minimum Gasteiger partial charge on any atom is -0.484 e. The third kappa shape index (κ3) is 6.21. The number of carbonyl (C=O) groups excluding carboxylic acids is 2. The molecule has 6 nitrogen and oxygen atoms in total. The van der Waals surface area contributed by atoms with Crippen LogP contribution in [0.4, 0.5) is 0 Å². The minimum absolute atomic E-state index is 0.0758. The van der Waals surface area contributed by atoms with E-state index >= 15 is 0 Å². The van der Waals surface area contributed by atoms with Gasteiger partial charge in [-0.1, -0.05) is 36.1 Å². The Balaban J connectivity index is 1.69. The smallest absolute Gasteiger partial charge is 0.258 e. The second-order valence-electron chi connectivity index (χ2n) is 5.38. The molecule has 2 amide bonds. The van der Waals surface area contributed by atoms with Gasteiger partial charge < -0.3 is 20.5 Å². The molecule has 6 heteroatoms. The summed E-state index contributed by atoms with van der Waals surface area (Å²) in [6, 6.07) is 14.1. The topological polar surface area (TPSA) is 90.7 Å². The summed E-state index contributed by atoms with van der Waals surface area (Å²) in [7, 11) is 0. The fourth-order valence-electron chi connectivity index (χ4n) is 2.07. The van der Waals surface area contributed by atoms with Gasteiger partial charge in [0, 0.05) is 0 Å². The lowest BCUT2D eigenvalue weighted by Crippen LogP contribution is -2.29. The SMILES string of the molecule is Cc1cccc(OCC(=O)NCC#CCOc2ccccc2C(N)=O)c1. The molecule has 2 aromatic carbocycles. The Labute approximate surface area is 152 Å². The van der Waals surface area contributed by atoms with Gasteiger partial charge in [0.2, 0.25) is 0 Å². The average molecular weight is 352 g/mol. The van der Waals surface area contributed by atoms with Crippen LogP contribution in [0.5, 0.6) is 11.5 Å². The quantitative estimate of drug-likeness (QED) is 0.742. The second-order valence-corrected chi connectivity index (χ2v) is 5.38. The van der Waals surface area contributed by atoms with Crippen LogP contribution in [0, 0.1) is 18.8 Å². The van der Waals surface area contributed by atoms with Crippen LogP contribution >= 0.6 is 0 Å². The summed E-state index contributed by atoms with van der Waals surface area (Å²) in [4.78, 5) is 22.9. The number of hydrogen-bond acceptors (Lipinski definition) is 4. The van der Waals surface area contributed by atoms with Crippen molar-refractivity contribution in [3.8, 4) is 23.3 Å². The number of nitrogens with one attached hydrogen (secondary N) is 1. The number of primary amides is 1. The third-order valence-corrected chi connectivity index (χ3v) is 3.31. The number of hydrogen-bond donors (Lipinski definition) is 2. The normalized spacial score (nSPS) is 9.58. The van der Waals surface area contributed by atoms with Gasteiger partial charge in [-0.05, 0) is 36.8 Å². The molecule has 0 saturated carbocycles. The van der Waals surface area contributed by atoms with Crippen LogP contribution in [0.25, 0.3) is 0 Å². The zero-order valence-electron chi connectivity index (χ0n) is 14.5. The van der Waals surface area contributed by atoms with Crippen LogP contribution in [0.1, 0.15) is 15.9 Å². The van der Waals surface area contributed by atoms with Gasteiger partial charge in [-0.25, -0.2) is 0 Å². The van der Waals surface area contributed by atoms with Gasteiger partial charge in [-0.15, -0.1) is 0 Å². The molecule has 2 aromatic rings. The first kappa shape index (κ1) is 18.9. The van der Waals surface area contributed by atoms with Crippen molar-refractivity contribution in [1.29, 1.82) is 0 Å². The van der Waals surface area contributed by atoms with Crippen LogP contribution < -0.4 is 20.5 Å². The van der Waals surface area contributed by atoms with E-state index in [-0.39, 0.29) is 25.7 Å². The van der Waals surface area contributed by atoms with Crippen molar-refractivity contribution in [3.63, 3.8) is 0 Å². The van der Waals surface area contributed by atoms with Gasteiger partial charge in [0.25, 0.3) is 11.8 Å². The number of aryl methyl sites for hydroxylation is 1. The van der Waals surface area contributed by atoms with Crippen molar-refractivity contribution >= 4 is 11.8 Å². The number of ether oxygens (including phenoxy) is 2. The molecule has 3 N–H and O–H groups in total. The molecule has 0 aliphatic heterocycles. The largest absolute Gasteiger partial charge is 0.484 e. The highest BCUT2D eigenvalue weighted by atomic mass is 16.5. The minimum atomic E-state index is -0.561. The Morgan fingerprint density at radius 3 is 2.65 bits per heavy atom. The molecule has 0 heterocycles. The van der Waals surface area contributed by atoms with Crippen molar-refractivity contribution in [1.82, 2.24) is 5.32 Å². The summed E-state index contributed by atoms with van der Waals surface area (Å²) < 4.78 is 10.8. The Bertz CT molecular complexity index is 837. The maximum absolute atomic E-state index is 11.7. The van der Waals surface area contributed by atoms with E-state index in [0.717, 1.165) is 5.56 Å². The average Bonchev–Trinajstić information content (AvgIpc) is 2.63. The van der Waals surface area contributed by atoms with Gasteiger partial charge in [-0.3, -0.25) is 9.59 Å². The first-order valence-electron chi connectivity index (χ1n) is 8.00. The lowest BCUT2D eigenvalue weighted by Gasteiger charge is -2.06. The van der Waals surface area contributed by atoms with Crippen LogP contribution in [0.2, 0.25) is 0 Å². The van der Waals surface area contributed by atoms with Crippen molar-refractivity contribution in [2.75, 3.05) is 19.8 Å². The summed E-state index contributed by atoms with van der Waals surface area (Å²) in [5.74, 6) is 5.72. The van der Waals surface area contributed by atoms with E-state index in [4.69, 9.17) is 15.2 Å². The zero-order valence-corrected chi connectivity index (χ0v) is 14.5. The lowest BCUT2D eigenvalue weighted by molar-refractivity contribution is -0.122. The highest BCUT2D eigenvalue weighted by Gasteiger charge is 2.07. The number of para-hydroxylation sites is 1. The van der Waals surface area contributed by atoms with Crippen molar-refractivity contribution in [2.24, 2.45) is 5.73 Å². The van der Waals surface area contributed by atoms with E-state index in [1.165, 1.54) is 0 Å². The van der Waals surface area contributed by atoms with Gasteiger partial charge in [0.05, 0.1) is 12.1 Å². The second kappa shape index (κ2) is 9.74. The van der Waals surface area contributed by atoms with E-state index in [1.807, 2.05) is 25.1 Å². The Morgan fingerprint density at radius 1 is 1.08 bits per heavy atom. The Hall–Kier alpha value is -3.46. The maximum Gasteiger partial charge on any atom is 0.258 e. The Kier molecular flexibility index (Phi) is 7.07. The van der Waals surface area contributed by atoms with E-state index < -0.39 is 5.91 Å². The molecule has 0 radical (unpaired) electrons. The zero-order chi connectivity index (χ0) is 18.8. The molecule has 134 valence electrons. The molecule has 0 saturated heterocycles. The van der Waals surface area contributed by atoms with Crippen LogP contribution in [0.15, 0.2) is 48.5 Å². The van der Waals surface area contributed by atoms with Crippen LogP contribution in [-0.4, -0.2) is 31.6 Å². The van der Waals surface area contributed by atoms with E-state index in [1.54, 1.807) is 30.3 Å². The molecule has 0 aliphatic rings. The molecule has 26 heavy (non-hydrogen) atoms. The molecule has 0 bridgehead atoms. The third-order valence-electron chi connectivity index (χ3n) is 3.31. The van der Waals surface area contributed by atoms with Gasteiger partial charge >= 0.3 is 0 Å². The molecule has 0 spiro atoms. The molecule has 2 rings (SSSR count). The summed E-state index contributed by atoms with van der Waals surface area (Å²) in [5, 5.41) is 2.63. The maximum atomic E-state index is 11.7. The van der Waals surface area contributed by atoms with E-state index in [0.29, 0.717) is 17.1 Å². The summed E-state index contributed by atoms with van der Waals surface area (Å²) in [5.41, 5.74) is 6.63. The predicted octanol–water partition coefficient (Wildman–Crippen LogP) is 1.67. The molecule has 0 aromatic heterocycles. The van der Waals surface area contributed by atoms with Gasteiger partial charge in [0.15, 0.2) is 6.61 Å². The molecular formula is C20H20N2O4. The number of nitrogens with two attached hydrogens (primary N) is 1. The van der Waals surface area contributed by atoms with Crippen LogP contribution in [0.3, 0.4) is 0 Å².